The summed E-state index contributed by atoms with van der Waals surface area (Å²) in [7, 11) is 1.86. The van der Waals surface area contributed by atoms with Gasteiger partial charge in [-0.2, -0.15) is 0 Å². The van der Waals surface area contributed by atoms with Gasteiger partial charge in [-0.3, -0.25) is 0 Å². The lowest BCUT2D eigenvalue weighted by Gasteiger charge is -2.40. The van der Waals surface area contributed by atoms with E-state index >= 15 is 0 Å². The van der Waals surface area contributed by atoms with Crippen LogP contribution in [0.3, 0.4) is 0 Å². The van der Waals surface area contributed by atoms with Crippen molar-refractivity contribution >= 4 is 0 Å². The smallest absolute Gasteiger partial charge is 0.181 e. The molecular weight excluding hydrogens is 508 g/mol. The van der Waals surface area contributed by atoms with Crippen LogP contribution >= 0.6 is 0 Å². The largest absolute Gasteiger partial charge is 0.390 e. The van der Waals surface area contributed by atoms with Crippen LogP contribution in [0, 0.1) is 11.8 Å². The third-order valence-corrected chi connectivity index (χ3v) is 10.2. The lowest BCUT2D eigenvalue weighted by atomic mass is 9.84. The van der Waals surface area contributed by atoms with E-state index < -0.39 is 5.60 Å². The van der Waals surface area contributed by atoms with Gasteiger partial charge >= 0.3 is 0 Å². The zero-order chi connectivity index (χ0) is 28.1. The number of aromatic nitrogens is 4. The second-order valence-corrected chi connectivity index (χ2v) is 13.2. The van der Waals surface area contributed by atoms with Crippen LogP contribution in [0.25, 0.3) is 11.4 Å². The number of hydrogen-bond donors (Lipinski definition) is 1. The molecule has 2 aromatic carbocycles. The first-order chi connectivity index (χ1) is 20.0. The highest BCUT2D eigenvalue weighted by Gasteiger charge is 2.38. The Morgan fingerprint density at radius 3 is 2.34 bits per heavy atom. The van der Waals surface area contributed by atoms with E-state index in [4.69, 9.17) is 0 Å². The summed E-state index contributed by atoms with van der Waals surface area (Å²) in [4.78, 5) is 5.44. The van der Waals surface area contributed by atoms with Gasteiger partial charge in [0.25, 0.3) is 0 Å². The minimum atomic E-state index is -0.526. The Morgan fingerprint density at radius 1 is 0.878 bits per heavy atom. The molecule has 3 heterocycles. The second-order valence-electron chi connectivity index (χ2n) is 13.2. The van der Waals surface area contributed by atoms with Gasteiger partial charge in [0.15, 0.2) is 5.82 Å². The molecule has 0 unspecified atom stereocenters. The molecular formula is C34H48N6O. The monoisotopic (exact) mass is 556 g/mol. The van der Waals surface area contributed by atoms with Crippen LogP contribution < -0.4 is 0 Å². The Bertz CT molecular complexity index is 1210. The molecule has 0 radical (unpaired) electrons. The third-order valence-electron chi connectivity index (χ3n) is 10.2. The maximum Gasteiger partial charge on any atom is 0.181 e. The van der Waals surface area contributed by atoms with Crippen LogP contribution in [0.4, 0.5) is 0 Å². The zero-order valence-electron chi connectivity index (χ0n) is 24.9. The van der Waals surface area contributed by atoms with E-state index in [0.717, 1.165) is 69.0 Å². The average molecular weight is 557 g/mol. The number of rotatable bonds is 10. The molecule has 1 saturated carbocycles. The van der Waals surface area contributed by atoms with Gasteiger partial charge in [-0.05, 0) is 78.3 Å². The van der Waals surface area contributed by atoms with Gasteiger partial charge in [-0.15, -0.1) is 5.10 Å². The highest BCUT2D eigenvalue weighted by molar-refractivity contribution is 5.54. The summed E-state index contributed by atoms with van der Waals surface area (Å²) in [5.41, 5.74) is 3.32. The van der Waals surface area contributed by atoms with Crippen LogP contribution in [0.2, 0.25) is 0 Å². The van der Waals surface area contributed by atoms with Crippen LogP contribution in [0.5, 0.6) is 0 Å². The molecule has 1 N–H and O–H groups in total. The molecule has 0 bridgehead atoms. The highest BCUT2D eigenvalue weighted by atomic mass is 16.3. The zero-order valence-corrected chi connectivity index (χ0v) is 24.9. The van der Waals surface area contributed by atoms with Crippen LogP contribution in [0.1, 0.15) is 74.8 Å². The Morgan fingerprint density at radius 2 is 1.63 bits per heavy atom. The summed E-state index contributed by atoms with van der Waals surface area (Å²) in [6, 6.07) is 19.8. The van der Waals surface area contributed by atoms with Gasteiger partial charge in [0, 0.05) is 57.8 Å². The van der Waals surface area contributed by atoms with Gasteiger partial charge in [0.2, 0.25) is 0 Å². The number of nitrogens with zero attached hydrogens (tertiary/aromatic N) is 6. The topological polar surface area (TPSA) is 70.3 Å². The predicted molar refractivity (Wildman–Crippen MR) is 163 cm³/mol. The summed E-state index contributed by atoms with van der Waals surface area (Å²) in [6.07, 6.45) is 11.8. The first kappa shape index (κ1) is 28.5. The van der Waals surface area contributed by atoms with Gasteiger partial charge in [-0.1, -0.05) is 73.9 Å². The molecule has 7 nitrogen and oxygen atoms in total. The van der Waals surface area contributed by atoms with Crippen molar-refractivity contribution in [3.05, 3.63) is 65.7 Å². The third kappa shape index (κ3) is 7.25. The van der Waals surface area contributed by atoms with E-state index in [1.54, 1.807) is 4.68 Å². The molecule has 2 atom stereocenters. The lowest BCUT2D eigenvalue weighted by Crippen LogP contribution is -2.46. The molecule has 41 heavy (non-hydrogen) atoms. The number of tetrazole rings is 1. The van der Waals surface area contributed by atoms with Crippen molar-refractivity contribution in [1.82, 2.24) is 30.0 Å². The van der Waals surface area contributed by atoms with E-state index in [2.05, 4.69) is 79.9 Å². The molecule has 6 rings (SSSR count). The van der Waals surface area contributed by atoms with Crippen molar-refractivity contribution in [1.29, 1.82) is 0 Å². The van der Waals surface area contributed by atoms with Crippen molar-refractivity contribution < 1.29 is 5.11 Å². The predicted octanol–water partition coefficient (Wildman–Crippen LogP) is 5.32. The molecule has 7 heteroatoms. The summed E-state index contributed by atoms with van der Waals surface area (Å²) in [5.74, 6) is 2.98. The molecule has 3 aliphatic rings. The number of aliphatic hydroxyl groups is 1. The molecule has 2 aliphatic heterocycles. The molecule has 0 amide bonds. The van der Waals surface area contributed by atoms with Gasteiger partial charge < -0.3 is 14.9 Å². The maximum atomic E-state index is 11.4. The molecule has 0 spiro atoms. The van der Waals surface area contributed by atoms with Crippen molar-refractivity contribution in [2.24, 2.45) is 18.9 Å². The first-order valence-corrected chi connectivity index (χ1v) is 16.1. The van der Waals surface area contributed by atoms with Gasteiger partial charge in [0.1, 0.15) is 0 Å². The number of benzene rings is 2. The summed E-state index contributed by atoms with van der Waals surface area (Å²) in [6.45, 7) is 6.90. The first-order valence-electron chi connectivity index (χ1n) is 16.1. The quantitative estimate of drug-likeness (QED) is 0.364. The molecule has 3 aromatic rings. The van der Waals surface area contributed by atoms with Crippen LogP contribution in [-0.2, 0) is 13.5 Å². The number of aryl methyl sites for hydroxylation is 2. The molecule has 3 fully saturated rings. The standard InChI is InChI=1S/C34H48N6O/c1-38-33(35-36-37-38)30-16-14-27(15-17-30)11-8-18-34(41)19-21-39(22-20-34)24-31-25-40(23-28-9-4-2-5-10-28)26-32(31)29-12-6-3-7-13-29/h3,6-7,12-17,28,31-32,41H,2,4-5,8-11,18-26H2,1H3/t31-,32+/m0/s1. The van der Waals surface area contributed by atoms with Gasteiger partial charge in [-0.25, -0.2) is 4.68 Å². The lowest BCUT2D eigenvalue weighted by molar-refractivity contribution is -0.0316. The van der Waals surface area contributed by atoms with E-state index in [1.807, 2.05) is 7.05 Å². The van der Waals surface area contributed by atoms with Crippen LogP contribution in [0.15, 0.2) is 54.6 Å². The SMILES string of the molecule is Cn1nnnc1-c1ccc(CCCC2(O)CCN(C[C@H]3CN(CC4CCCCC4)C[C@@H]3c3ccccc3)CC2)cc1. The van der Waals surface area contributed by atoms with Crippen molar-refractivity contribution in [2.75, 3.05) is 39.3 Å². The fraction of sp³-hybridized carbons (Fsp3) is 0.618. The van der Waals surface area contributed by atoms with Gasteiger partial charge in [0.05, 0.1) is 5.60 Å². The minimum Gasteiger partial charge on any atom is -0.390 e. The Balaban J connectivity index is 0.983. The van der Waals surface area contributed by atoms with Crippen molar-refractivity contribution in [2.45, 2.75) is 75.7 Å². The fourth-order valence-corrected chi connectivity index (χ4v) is 7.76. The fourth-order valence-electron chi connectivity index (χ4n) is 7.76. The van der Waals surface area contributed by atoms with Crippen molar-refractivity contribution in [3.8, 4) is 11.4 Å². The minimum absolute atomic E-state index is 0.526. The molecule has 1 aliphatic carbocycles. The van der Waals surface area contributed by atoms with E-state index in [0.29, 0.717) is 11.8 Å². The normalized spacial score (nSPS) is 24.1. The maximum absolute atomic E-state index is 11.4. The Labute approximate surface area is 245 Å². The summed E-state index contributed by atoms with van der Waals surface area (Å²) >= 11 is 0. The highest BCUT2D eigenvalue weighted by Crippen LogP contribution is 2.36. The van der Waals surface area contributed by atoms with E-state index in [-0.39, 0.29) is 0 Å². The molecule has 220 valence electrons. The van der Waals surface area contributed by atoms with Crippen molar-refractivity contribution in [3.63, 3.8) is 0 Å². The number of piperidine rings is 1. The Hall–Kier alpha value is -2.61. The molecule has 2 saturated heterocycles. The average Bonchev–Trinajstić information content (AvgIpc) is 3.61. The summed E-state index contributed by atoms with van der Waals surface area (Å²) < 4.78 is 1.69. The number of hydrogen-bond acceptors (Lipinski definition) is 6. The summed E-state index contributed by atoms with van der Waals surface area (Å²) in [5, 5.41) is 23.2. The van der Waals surface area contributed by atoms with E-state index in [9.17, 15) is 5.11 Å². The van der Waals surface area contributed by atoms with Crippen LogP contribution in [-0.4, -0.2) is 80.0 Å². The Kier molecular flexibility index (Phi) is 9.13. The number of likely N-dealkylation sites (tertiary alicyclic amines) is 2. The van der Waals surface area contributed by atoms with E-state index in [1.165, 1.54) is 62.9 Å². The molecule has 1 aromatic heterocycles. The second kappa shape index (κ2) is 13.1.